The summed E-state index contributed by atoms with van der Waals surface area (Å²) in [6.45, 7) is 2.15. The van der Waals surface area contributed by atoms with Gasteiger partial charge in [-0.1, -0.05) is 6.07 Å². The van der Waals surface area contributed by atoms with Gasteiger partial charge in [0.1, 0.15) is 6.07 Å². The minimum absolute atomic E-state index is 0.200. The van der Waals surface area contributed by atoms with E-state index in [0.717, 1.165) is 36.5 Å². The molecule has 2 fully saturated rings. The molecule has 36 heavy (non-hydrogen) atoms. The van der Waals surface area contributed by atoms with Crippen LogP contribution < -0.4 is 10.2 Å². The van der Waals surface area contributed by atoms with Crippen molar-refractivity contribution >= 4 is 17.3 Å². The lowest BCUT2D eigenvalue weighted by Gasteiger charge is -2.28. The van der Waals surface area contributed by atoms with Gasteiger partial charge in [0, 0.05) is 30.4 Å². The van der Waals surface area contributed by atoms with Gasteiger partial charge in [-0.05, 0) is 75.6 Å². The second-order valence-electron chi connectivity index (χ2n) is 9.75. The van der Waals surface area contributed by atoms with Crippen LogP contribution in [0.1, 0.15) is 30.5 Å². The van der Waals surface area contributed by atoms with Crippen LogP contribution in [0.15, 0.2) is 48.8 Å². The summed E-state index contributed by atoms with van der Waals surface area (Å²) in [7, 11) is 2.17. The van der Waals surface area contributed by atoms with Gasteiger partial charge in [-0.3, -0.25) is 4.98 Å². The fraction of sp³-hybridized carbons (Fsp3) is 0.407. The molecule has 3 aromatic rings. The Morgan fingerprint density at radius 1 is 1.11 bits per heavy atom. The van der Waals surface area contributed by atoms with Crippen molar-refractivity contribution in [2.24, 2.45) is 5.92 Å². The highest BCUT2D eigenvalue weighted by Crippen LogP contribution is 2.34. The number of anilines is 3. The number of nitrogens with zero attached hydrogens (tertiary/aromatic N) is 6. The smallest absolute Gasteiger partial charge is 0.266 e. The van der Waals surface area contributed by atoms with Gasteiger partial charge in [0.25, 0.3) is 5.92 Å². The Balaban J connectivity index is 1.27. The second kappa shape index (κ2) is 10.2. The number of alkyl halides is 2. The van der Waals surface area contributed by atoms with E-state index in [0.29, 0.717) is 28.8 Å². The topological polar surface area (TPSA) is 81.0 Å². The number of benzene rings is 1. The summed E-state index contributed by atoms with van der Waals surface area (Å²) in [5.74, 6) is -1.63. The second-order valence-corrected chi connectivity index (χ2v) is 9.75. The van der Waals surface area contributed by atoms with Gasteiger partial charge in [0.05, 0.1) is 35.4 Å². The number of hydrogen-bond acceptors (Lipinski definition) is 7. The lowest BCUT2D eigenvalue weighted by Crippen LogP contribution is -2.31. The first-order valence-corrected chi connectivity index (χ1v) is 12.3. The third kappa shape index (κ3) is 5.60. The van der Waals surface area contributed by atoms with E-state index >= 15 is 0 Å². The first-order valence-electron chi connectivity index (χ1n) is 12.3. The normalized spacial score (nSPS) is 18.2. The SMILES string of the molecule is CN1CCC(Cc2ccc(Nc3nccc(-c4ccc(N5CCC(F)(F)C5)c(C#N)c4)n3)cn2)CC1. The van der Waals surface area contributed by atoms with E-state index in [1.54, 1.807) is 41.6 Å². The maximum Gasteiger partial charge on any atom is 0.266 e. The molecule has 186 valence electrons. The van der Waals surface area contributed by atoms with Crippen molar-refractivity contribution in [2.45, 2.75) is 31.6 Å². The molecule has 7 nitrogen and oxygen atoms in total. The van der Waals surface area contributed by atoms with Gasteiger partial charge in [-0.2, -0.15) is 5.26 Å². The molecule has 5 rings (SSSR count). The van der Waals surface area contributed by atoms with Crippen LogP contribution in [0.2, 0.25) is 0 Å². The van der Waals surface area contributed by atoms with Crippen LogP contribution in [-0.2, 0) is 6.42 Å². The van der Waals surface area contributed by atoms with Crippen molar-refractivity contribution in [2.75, 3.05) is 43.4 Å². The molecule has 0 saturated carbocycles. The molecule has 0 amide bonds. The van der Waals surface area contributed by atoms with Crippen molar-refractivity contribution in [3.05, 3.63) is 60.0 Å². The summed E-state index contributed by atoms with van der Waals surface area (Å²) in [4.78, 5) is 17.5. The van der Waals surface area contributed by atoms with Crippen LogP contribution in [-0.4, -0.2) is 59.0 Å². The number of nitrogens with one attached hydrogen (secondary N) is 1. The Morgan fingerprint density at radius 2 is 1.94 bits per heavy atom. The van der Waals surface area contributed by atoms with Gasteiger partial charge in [0.2, 0.25) is 5.95 Å². The molecule has 2 aromatic heterocycles. The van der Waals surface area contributed by atoms with Gasteiger partial charge in [-0.15, -0.1) is 0 Å². The van der Waals surface area contributed by atoms with E-state index in [4.69, 9.17) is 0 Å². The summed E-state index contributed by atoms with van der Waals surface area (Å²) >= 11 is 0. The summed E-state index contributed by atoms with van der Waals surface area (Å²) in [6, 6.07) is 13.2. The molecule has 0 spiro atoms. The van der Waals surface area contributed by atoms with Crippen molar-refractivity contribution in [1.29, 1.82) is 5.26 Å². The summed E-state index contributed by atoms with van der Waals surface area (Å²) in [6.07, 6.45) is 6.65. The molecule has 9 heteroatoms. The number of pyridine rings is 1. The number of likely N-dealkylation sites (tertiary alicyclic amines) is 1. The van der Waals surface area contributed by atoms with Crippen LogP contribution in [0, 0.1) is 17.2 Å². The van der Waals surface area contributed by atoms with E-state index in [2.05, 4.69) is 38.3 Å². The molecular formula is C27H29F2N7. The van der Waals surface area contributed by atoms with Crippen LogP contribution in [0.4, 0.5) is 26.1 Å². The van der Waals surface area contributed by atoms with Crippen LogP contribution in [0.25, 0.3) is 11.3 Å². The summed E-state index contributed by atoms with van der Waals surface area (Å²) in [5.41, 5.74) is 4.11. The predicted octanol–water partition coefficient (Wildman–Crippen LogP) is 4.88. The van der Waals surface area contributed by atoms with Gasteiger partial charge in [-0.25, -0.2) is 18.7 Å². The Labute approximate surface area is 209 Å². The zero-order chi connectivity index (χ0) is 25.1. The van der Waals surface area contributed by atoms with Gasteiger partial charge >= 0.3 is 0 Å². The average molecular weight is 490 g/mol. The molecular weight excluding hydrogens is 460 g/mol. The minimum Gasteiger partial charge on any atom is -0.364 e. The highest BCUT2D eigenvalue weighted by molar-refractivity contribution is 5.70. The maximum absolute atomic E-state index is 13.7. The van der Waals surface area contributed by atoms with E-state index < -0.39 is 5.92 Å². The number of halogens is 2. The molecule has 0 radical (unpaired) electrons. The molecule has 1 aromatic carbocycles. The molecule has 4 heterocycles. The number of nitriles is 1. The van der Waals surface area contributed by atoms with Crippen molar-refractivity contribution < 1.29 is 8.78 Å². The quantitative estimate of drug-likeness (QED) is 0.528. The van der Waals surface area contributed by atoms with E-state index in [1.807, 2.05) is 12.1 Å². The zero-order valence-corrected chi connectivity index (χ0v) is 20.3. The van der Waals surface area contributed by atoms with E-state index in [9.17, 15) is 14.0 Å². The Morgan fingerprint density at radius 3 is 2.64 bits per heavy atom. The molecule has 0 atom stereocenters. The van der Waals surface area contributed by atoms with Crippen molar-refractivity contribution in [1.82, 2.24) is 19.9 Å². The molecule has 2 saturated heterocycles. The Hall–Kier alpha value is -3.64. The van der Waals surface area contributed by atoms with Gasteiger partial charge < -0.3 is 15.1 Å². The van der Waals surface area contributed by atoms with Crippen LogP contribution in [0.3, 0.4) is 0 Å². The fourth-order valence-corrected chi connectivity index (χ4v) is 4.89. The predicted molar refractivity (Wildman–Crippen MR) is 135 cm³/mol. The lowest BCUT2D eigenvalue weighted by molar-refractivity contribution is 0.0257. The van der Waals surface area contributed by atoms with E-state index in [1.165, 1.54) is 12.8 Å². The monoisotopic (exact) mass is 489 g/mol. The molecule has 1 N–H and O–H groups in total. The lowest BCUT2D eigenvalue weighted by atomic mass is 9.92. The standard InChI is InChI=1S/C27H29F2N7/c1-35-11-7-19(8-12-35)14-22-3-4-23(17-32-22)33-26-31-10-6-24(34-26)20-2-5-25(21(15-20)16-30)36-13-9-27(28,29)18-36/h2-6,10,15,17,19H,7-9,11-14,18H2,1H3,(H,31,33,34). The third-order valence-electron chi connectivity index (χ3n) is 7.00. The number of rotatable bonds is 6. The Kier molecular flexibility index (Phi) is 6.79. The number of hydrogen-bond donors (Lipinski definition) is 1. The van der Waals surface area contributed by atoms with Crippen molar-refractivity contribution in [3.8, 4) is 17.3 Å². The van der Waals surface area contributed by atoms with Crippen molar-refractivity contribution in [3.63, 3.8) is 0 Å². The van der Waals surface area contributed by atoms with E-state index in [-0.39, 0.29) is 19.5 Å². The van der Waals surface area contributed by atoms with Crippen LogP contribution in [0.5, 0.6) is 0 Å². The minimum atomic E-state index is -2.72. The zero-order valence-electron chi connectivity index (χ0n) is 20.3. The number of aromatic nitrogens is 3. The van der Waals surface area contributed by atoms with Gasteiger partial charge in [0.15, 0.2) is 0 Å². The highest BCUT2D eigenvalue weighted by atomic mass is 19.3. The molecule has 0 unspecified atom stereocenters. The average Bonchev–Trinajstić information content (AvgIpc) is 3.25. The number of piperidine rings is 1. The first-order chi connectivity index (χ1) is 17.4. The highest BCUT2D eigenvalue weighted by Gasteiger charge is 2.38. The first kappa shape index (κ1) is 24.1. The van der Waals surface area contributed by atoms with Crippen LogP contribution >= 0.6 is 0 Å². The summed E-state index contributed by atoms with van der Waals surface area (Å²) in [5, 5.41) is 12.8. The fourth-order valence-electron chi connectivity index (χ4n) is 4.89. The molecule has 2 aliphatic heterocycles. The maximum atomic E-state index is 13.7. The third-order valence-corrected chi connectivity index (χ3v) is 7.00. The molecule has 2 aliphatic rings. The molecule has 0 aliphatic carbocycles. The molecule has 0 bridgehead atoms. The Bertz CT molecular complexity index is 1250. The largest absolute Gasteiger partial charge is 0.364 e. The summed E-state index contributed by atoms with van der Waals surface area (Å²) < 4.78 is 27.3.